The molecule has 2 aromatic rings. The third kappa shape index (κ3) is 4.23. The molecule has 3 nitrogen and oxygen atoms in total. The number of nitrogens with zero attached hydrogens (tertiary/aromatic N) is 1. The summed E-state index contributed by atoms with van der Waals surface area (Å²) in [5.74, 6) is 1.29. The maximum absolute atomic E-state index is 5.86. The summed E-state index contributed by atoms with van der Waals surface area (Å²) in [6, 6.07) is 16.6. The minimum Gasteiger partial charge on any atom is -0.489 e. The van der Waals surface area contributed by atoms with Gasteiger partial charge in [0.05, 0.1) is 0 Å². The zero-order valence-electron chi connectivity index (χ0n) is 13.0. The molecule has 0 saturated carbocycles. The molecule has 0 spiro atoms. The molecule has 1 atom stereocenters. The van der Waals surface area contributed by atoms with Crippen molar-refractivity contribution >= 4 is 5.69 Å². The molecule has 0 fully saturated rings. The van der Waals surface area contributed by atoms with Crippen molar-refractivity contribution in [2.75, 3.05) is 25.5 Å². The lowest BCUT2D eigenvalue weighted by Gasteiger charge is -2.14. The molecular weight excluding hydrogens is 260 g/mol. The molecule has 0 aliphatic carbocycles. The number of ether oxygens (including phenoxy) is 1. The van der Waals surface area contributed by atoms with Crippen LogP contribution in [-0.2, 0) is 6.61 Å². The molecule has 0 bridgehead atoms. The van der Waals surface area contributed by atoms with E-state index in [2.05, 4.69) is 42.2 Å². The van der Waals surface area contributed by atoms with Gasteiger partial charge in [0.2, 0.25) is 0 Å². The molecule has 3 heteroatoms. The molecule has 0 aliphatic heterocycles. The Hall–Kier alpha value is -2.00. The predicted molar refractivity (Wildman–Crippen MR) is 89.0 cm³/mol. The smallest absolute Gasteiger partial charge is 0.121 e. The van der Waals surface area contributed by atoms with Gasteiger partial charge in [0.25, 0.3) is 0 Å². The molecule has 0 aromatic heterocycles. The lowest BCUT2D eigenvalue weighted by molar-refractivity contribution is 0.306. The van der Waals surface area contributed by atoms with Crippen molar-refractivity contribution in [1.29, 1.82) is 0 Å². The number of nitrogens with two attached hydrogens (primary N) is 1. The fourth-order valence-corrected chi connectivity index (χ4v) is 2.10. The fraction of sp³-hybridized carbons (Fsp3) is 0.333. The van der Waals surface area contributed by atoms with Crippen LogP contribution in [0.2, 0.25) is 0 Å². The summed E-state index contributed by atoms with van der Waals surface area (Å²) in [6.07, 6.45) is 0. The molecule has 0 heterocycles. The van der Waals surface area contributed by atoms with Crippen LogP contribution in [0.15, 0.2) is 48.5 Å². The Bertz CT molecular complexity index is 564. The maximum atomic E-state index is 5.86. The summed E-state index contributed by atoms with van der Waals surface area (Å²) < 4.78 is 5.86. The van der Waals surface area contributed by atoms with Crippen molar-refractivity contribution in [3.63, 3.8) is 0 Å². The summed E-state index contributed by atoms with van der Waals surface area (Å²) in [7, 11) is 4.05. The summed E-state index contributed by atoms with van der Waals surface area (Å²) in [5.41, 5.74) is 9.26. The quantitative estimate of drug-likeness (QED) is 0.883. The third-order valence-corrected chi connectivity index (χ3v) is 3.64. The van der Waals surface area contributed by atoms with Crippen molar-refractivity contribution in [3.05, 3.63) is 59.7 Å². The van der Waals surface area contributed by atoms with Crippen molar-refractivity contribution < 1.29 is 4.74 Å². The Morgan fingerprint density at radius 1 is 1.10 bits per heavy atom. The van der Waals surface area contributed by atoms with Crippen LogP contribution in [0.4, 0.5) is 5.69 Å². The molecule has 2 rings (SSSR count). The summed E-state index contributed by atoms with van der Waals surface area (Å²) in [4.78, 5) is 2.07. The SMILES string of the molecule is CC(CN)c1ccc(COc2cccc(N(C)C)c2)cc1. The van der Waals surface area contributed by atoms with Gasteiger partial charge in [0.15, 0.2) is 0 Å². The first-order chi connectivity index (χ1) is 10.1. The van der Waals surface area contributed by atoms with Gasteiger partial charge in [-0.15, -0.1) is 0 Å². The van der Waals surface area contributed by atoms with E-state index >= 15 is 0 Å². The summed E-state index contributed by atoms with van der Waals surface area (Å²) in [6.45, 7) is 3.39. The van der Waals surface area contributed by atoms with E-state index < -0.39 is 0 Å². The van der Waals surface area contributed by atoms with E-state index in [-0.39, 0.29) is 0 Å². The Kier molecular flexibility index (Phi) is 5.23. The highest BCUT2D eigenvalue weighted by Gasteiger charge is 2.03. The molecule has 1 unspecified atom stereocenters. The van der Waals surface area contributed by atoms with E-state index in [9.17, 15) is 0 Å². The zero-order valence-corrected chi connectivity index (χ0v) is 13.0. The molecule has 0 saturated heterocycles. The monoisotopic (exact) mass is 284 g/mol. The van der Waals surface area contributed by atoms with E-state index in [1.54, 1.807) is 0 Å². The average molecular weight is 284 g/mol. The Morgan fingerprint density at radius 2 is 1.81 bits per heavy atom. The number of anilines is 1. The molecule has 112 valence electrons. The highest BCUT2D eigenvalue weighted by Crippen LogP contribution is 2.21. The van der Waals surface area contributed by atoms with Gasteiger partial charge in [-0.2, -0.15) is 0 Å². The van der Waals surface area contributed by atoms with Gasteiger partial charge in [-0.25, -0.2) is 0 Å². The van der Waals surface area contributed by atoms with Crippen molar-refractivity contribution in [3.8, 4) is 5.75 Å². The van der Waals surface area contributed by atoms with Crippen LogP contribution >= 0.6 is 0 Å². The first-order valence-corrected chi connectivity index (χ1v) is 7.29. The van der Waals surface area contributed by atoms with Gasteiger partial charge in [-0.3, -0.25) is 0 Å². The molecule has 2 N–H and O–H groups in total. The Labute approximate surface area is 127 Å². The maximum Gasteiger partial charge on any atom is 0.121 e. The molecular formula is C18H24N2O. The number of rotatable bonds is 6. The number of hydrogen-bond acceptors (Lipinski definition) is 3. The highest BCUT2D eigenvalue weighted by atomic mass is 16.5. The molecule has 2 aromatic carbocycles. The van der Waals surface area contributed by atoms with E-state index in [1.807, 2.05) is 32.3 Å². The van der Waals surface area contributed by atoms with Crippen LogP contribution in [0, 0.1) is 0 Å². The fourth-order valence-electron chi connectivity index (χ4n) is 2.10. The third-order valence-electron chi connectivity index (χ3n) is 3.64. The van der Waals surface area contributed by atoms with Crippen molar-refractivity contribution in [2.45, 2.75) is 19.4 Å². The highest BCUT2D eigenvalue weighted by molar-refractivity contribution is 5.49. The first kappa shape index (κ1) is 15.4. The van der Waals surface area contributed by atoms with Gasteiger partial charge in [-0.05, 0) is 35.7 Å². The largest absolute Gasteiger partial charge is 0.489 e. The van der Waals surface area contributed by atoms with E-state index in [4.69, 9.17) is 10.5 Å². The number of hydrogen-bond donors (Lipinski definition) is 1. The topological polar surface area (TPSA) is 38.5 Å². The van der Waals surface area contributed by atoms with Gasteiger partial charge < -0.3 is 15.4 Å². The summed E-state index contributed by atoms with van der Waals surface area (Å²) >= 11 is 0. The lowest BCUT2D eigenvalue weighted by atomic mass is 10.0. The second-order valence-corrected chi connectivity index (χ2v) is 5.56. The summed E-state index contributed by atoms with van der Waals surface area (Å²) in [5, 5.41) is 0. The molecule has 0 radical (unpaired) electrons. The molecule has 0 amide bonds. The van der Waals surface area contributed by atoms with Crippen LogP contribution in [0.1, 0.15) is 24.0 Å². The lowest BCUT2D eigenvalue weighted by Crippen LogP contribution is -2.09. The van der Waals surface area contributed by atoms with Crippen LogP contribution in [-0.4, -0.2) is 20.6 Å². The van der Waals surface area contributed by atoms with Gasteiger partial charge >= 0.3 is 0 Å². The second kappa shape index (κ2) is 7.14. The standard InChI is InChI=1S/C18H24N2O/c1-14(12-19)16-9-7-15(8-10-16)13-21-18-6-4-5-17(11-18)20(2)3/h4-11,14H,12-13,19H2,1-3H3. The second-order valence-electron chi connectivity index (χ2n) is 5.56. The van der Waals surface area contributed by atoms with Crippen LogP contribution < -0.4 is 15.4 Å². The van der Waals surface area contributed by atoms with E-state index in [1.165, 1.54) is 11.1 Å². The van der Waals surface area contributed by atoms with Crippen LogP contribution in [0.3, 0.4) is 0 Å². The van der Waals surface area contributed by atoms with Crippen LogP contribution in [0.25, 0.3) is 0 Å². The van der Waals surface area contributed by atoms with Gasteiger partial charge in [0.1, 0.15) is 12.4 Å². The van der Waals surface area contributed by atoms with Crippen molar-refractivity contribution in [2.24, 2.45) is 5.73 Å². The minimum absolute atomic E-state index is 0.400. The van der Waals surface area contributed by atoms with E-state index in [0.29, 0.717) is 19.1 Å². The minimum atomic E-state index is 0.400. The molecule has 0 aliphatic rings. The van der Waals surface area contributed by atoms with Gasteiger partial charge in [-0.1, -0.05) is 37.3 Å². The Balaban J connectivity index is 1.98. The van der Waals surface area contributed by atoms with E-state index in [0.717, 1.165) is 11.4 Å². The molecule has 21 heavy (non-hydrogen) atoms. The zero-order chi connectivity index (χ0) is 15.2. The Morgan fingerprint density at radius 3 is 2.43 bits per heavy atom. The number of benzene rings is 2. The predicted octanol–water partition coefficient (Wildman–Crippen LogP) is 3.39. The average Bonchev–Trinajstić information content (AvgIpc) is 2.53. The first-order valence-electron chi connectivity index (χ1n) is 7.29. The normalized spacial score (nSPS) is 12.0. The van der Waals surface area contributed by atoms with Gasteiger partial charge in [0, 0.05) is 25.8 Å². The van der Waals surface area contributed by atoms with Crippen molar-refractivity contribution in [1.82, 2.24) is 0 Å². The van der Waals surface area contributed by atoms with Crippen LogP contribution in [0.5, 0.6) is 5.75 Å².